The second kappa shape index (κ2) is 6.60. The van der Waals surface area contributed by atoms with Gasteiger partial charge >= 0.3 is 0 Å². The molecule has 1 aromatic rings. The molecule has 1 unspecified atom stereocenters. The Morgan fingerprint density at radius 1 is 1.65 bits per heavy atom. The third-order valence-electron chi connectivity index (χ3n) is 2.27. The van der Waals surface area contributed by atoms with Crippen molar-refractivity contribution >= 4 is 11.8 Å². The van der Waals surface area contributed by atoms with Gasteiger partial charge in [-0.05, 0) is 19.2 Å². The lowest BCUT2D eigenvalue weighted by Crippen LogP contribution is -2.39. The number of hydrogen-bond acceptors (Lipinski definition) is 5. The molecule has 0 saturated heterocycles. The van der Waals surface area contributed by atoms with Crippen LogP contribution in [0, 0.1) is 11.3 Å². The summed E-state index contributed by atoms with van der Waals surface area (Å²) in [4.78, 5) is 3.98. The first kappa shape index (κ1) is 14.0. The molecule has 0 amide bonds. The van der Waals surface area contributed by atoms with Crippen molar-refractivity contribution in [3.63, 3.8) is 0 Å². The fourth-order valence-electron chi connectivity index (χ4n) is 1.51. The van der Waals surface area contributed by atoms with Crippen molar-refractivity contribution in [3.8, 4) is 6.07 Å². The number of aromatic nitrogens is 1. The van der Waals surface area contributed by atoms with Crippen LogP contribution in [0.15, 0.2) is 18.3 Å². The quantitative estimate of drug-likeness (QED) is 0.794. The van der Waals surface area contributed by atoms with E-state index in [-0.39, 0.29) is 0 Å². The summed E-state index contributed by atoms with van der Waals surface area (Å²) in [6.07, 6.45) is 3.56. The van der Waals surface area contributed by atoms with Crippen LogP contribution in [0.3, 0.4) is 0 Å². The van der Waals surface area contributed by atoms with E-state index in [1.54, 1.807) is 30.9 Å². The third kappa shape index (κ3) is 4.73. The van der Waals surface area contributed by atoms with Crippen molar-refractivity contribution in [1.29, 1.82) is 5.26 Å². The van der Waals surface area contributed by atoms with E-state index in [2.05, 4.69) is 16.4 Å². The summed E-state index contributed by atoms with van der Waals surface area (Å²) in [6, 6.07) is 5.72. The highest BCUT2D eigenvalue weighted by Crippen LogP contribution is 2.10. The standard InChI is InChI=1S/C12H17N3OS/c1-12(16,9-17-2)8-14-7-10-4-3-5-15-11(10)6-13/h3-5,14,16H,7-9H2,1-2H3. The van der Waals surface area contributed by atoms with Crippen molar-refractivity contribution < 1.29 is 5.11 Å². The van der Waals surface area contributed by atoms with E-state index in [1.807, 2.05) is 12.3 Å². The number of pyridine rings is 1. The average Bonchev–Trinajstić information content (AvgIpc) is 2.29. The Kier molecular flexibility index (Phi) is 5.42. The largest absolute Gasteiger partial charge is 0.388 e. The minimum absolute atomic E-state index is 0.435. The molecule has 0 aliphatic heterocycles. The minimum atomic E-state index is -0.728. The topological polar surface area (TPSA) is 68.9 Å². The van der Waals surface area contributed by atoms with Gasteiger partial charge in [0.2, 0.25) is 0 Å². The second-order valence-corrected chi connectivity index (χ2v) is 5.02. The maximum atomic E-state index is 9.95. The molecule has 0 bridgehead atoms. The highest BCUT2D eigenvalue weighted by Gasteiger charge is 2.18. The lowest BCUT2D eigenvalue weighted by Gasteiger charge is -2.22. The van der Waals surface area contributed by atoms with Crippen LogP contribution in [0.5, 0.6) is 0 Å². The Balaban J connectivity index is 2.49. The molecule has 1 aromatic heterocycles. The SMILES string of the molecule is CSCC(C)(O)CNCc1cccnc1C#N. The van der Waals surface area contributed by atoms with Crippen molar-refractivity contribution in [3.05, 3.63) is 29.6 Å². The van der Waals surface area contributed by atoms with Gasteiger partial charge in [0.15, 0.2) is 0 Å². The van der Waals surface area contributed by atoms with Crippen LogP contribution < -0.4 is 5.32 Å². The van der Waals surface area contributed by atoms with Crippen LogP contribution >= 0.6 is 11.8 Å². The number of thioether (sulfide) groups is 1. The van der Waals surface area contributed by atoms with E-state index in [0.29, 0.717) is 24.5 Å². The van der Waals surface area contributed by atoms with E-state index in [4.69, 9.17) is 5.26 Å². The van der Waals surface area contributed by atoms with Gasteiger partial charge in [-0.15, -0.1) is 0 Å². The Morgan fingerprint density at radius 2 is 2.41 bits per heavy atom. The summed E-state index contributed by atoms with van der Waals surface area (Å²) in [5, 5.41) is 22.0. The maximum absolute atomic E-state index is 9.95. The second-order valence-electron chi connectivity index (χ2n) is 4.16. The number of nitrogens with one attached hydrogen (secondary N) is 1. The van der Waals surface area contributed by atoms with Crippen molar-refractivity contribution in [2.75, 3.05) is 18.6 Å². The molecular weight excluding hydrogens is 234 g/mol. The van der Waals surface area contributed by atoms with Crippen LogP contribution in [0.25, 0.3) is 0 Å². The predicted molar refractivity (Wildman–Crippen MR) is 69.7 cm³/mol. The van der Waals surface area contributed by atoms with E-state index >= 15 is 0 Å². The van der Waals surface area contributed by atoms with Gasteiger partial charge in [0, 0.05) is 30.6 Å². The van der Waals surface area contributed by atoms with Gasteiger partial charge in [-0.2, -0.15) is 17.0 Å². The lowest BCUT2D eigenvalue weighted by molar-refractivity contribution is 0.0846. The molecular formula is C12H17N3OS. The first-order chi connectivity index (χ1) is 8.09. The number of rotatable bonds is 6. The first-order valence-corrected chi connectivity index (χ1v) is 6.74. The molecule has 0 spiro atoms. The zero-order valence-corrected chi connectivity index (χ0v) is 10.9. The molecule has 4 nitrogen and oxygen atoms in total. The molecule has 0 fully saturated rings. The van der Waals surface area contributed by atoms with Gasteiger partial charge in [-0.25, -0.2) is 4.98 Å². The van der Waals surface area contributed by atoms with Crippen molar-refractivity contribution in [2.24, 2.45) is 0 Å². The molecule has 17 heavy (non-hydrogen) atoms. The van der Waals surface area contributed by atoms with Crippen LogP contribution in [-0.4, -0.2) is 34.2 Å². The molecule has 92 valence electrons. The molecule has 0 aliphatic rings. The summed E-state index contributed by atoms with van der Waals surface area (Å²) in [7, 11) is 0. The van der Waals surface area contributed by atoms with Gasteiger partial charge < -0.3 is 10.4 Å². The van der Waals surface area contributed by atoms with E-state index in [9.17, 15) is 5.11 Å². The molecule has 1 atom stereocenters. The number of aliphatic hydroxyl groups is 1. The molecule has 2 N–H and O–H groups in total. The summed E-state index contributed by atoms with van der Waals surface area (Å²) in [5.74, 6) is 0.679. The fraction of sp³-hybridized carbons (Fsp3) is 0.500. The lowest BCUT2D eigenvalue weighted by atomic mass is 10.1. The molecule has 0 saturated carbocycles. The molecule has 0 aromatic carbocycles. The zero-order chi connectivity index (χ0) is 12.7. The van der Waals surface area contributed by atoms with Crippen molar-refractivity contribution in [1.82, 2.24) is 10.3 Å². The van der Waals surface area contributed by atoms with E-state index in [1.165, 1.54) is 0 Å². The maximum Gasteiger partial charge on any atom is 0.144 e. The molecule has 0 radical (unpaired) electrons. The van der Waals surface area contributed by atoms with Gasteiger partial charge in [-0.3, -0.25) is 0 Å². The van der Waals surface area contributed by atoms with Crippen LogP contribution in [0.2, 0.25) is 0 Å². The minimum Gasteiger partial charge on any atom is -0.388 e. The van der Waals surface area contributed by atoms with Gasteiger partial charge in [0.1, 0.15) is 11.8 Å². The van der Waals surface area contributed by atoms with Gasteiger partial charge in [-0.1, -0.05) is 6.07 Å². The molecule has 1 rings (SSSR count). The van der Waals surface area contributed by atoms with Crippen LogP contribution in [-0.2, 0) is 6.54 Å². The number of nitriles is 1. The third-order valence-corrected chi connectivity index (χ3v) is 3.18. The summed E-state index contributed by atoms with van der Waals surface area (Å²) in [5.41, 5.74) is 0.563. The van der Waals surface area contributed by atoms with Gasteiger partial charge in [0.05, 0.1) is 5.60 Å². The Bertz CT molecular complexity index is 401. The number of nitrogens with zero attached hydrogens (tertiary/aromatic N) is 2. The summed E-state index contributed by atoms with van der Waals surface area (Å²) in [6.45, 7) is 2.83. The van der Waals surface area contributed by atoms with Crippen LogP contribution in [0.4, 0.5) is 0 Å². The summed E-state index contributed by atoms with van der Waals surface area (Å²) >= 11 is 1.61. The Hall–Kier alpha value is -1.09. The highest BCUT2D eigenvalue weighted by atomic mass is 32.2. The van der Waals surface area contributed by atoms with Gasteiger partial charge in [0.25, 0.3) is 0 Å². The Labute approximate surface area is 106 Å². The molecule has 1 heterocycles. The normalized spacial score (nSPS) is 14.0. The summed E-state index contributed by atoms with van der Waals surface area (Å²) < 4.78 is 0. The smallest absolute Gasteiger partial charge is 0.144 e. The van der Waals surface area contributed by atoms with E-state index in [0.717, 1.165) is 5.56 Å². The van der Waals surface area contributed by atoms with E-state index < -0.39 is 5.60 Å². The zero-order valence-electron chi connectivity index (χ0n) is 10.1. The fourth-order valence-corrected chi connectivity index (χ4v) is 2.23. The number of hydrogen-bond donors (Lipinski definition) is 2. The predicted octanol–water partition coefficient (Wildman–Crippen LogP) is 1.16. The molecule has 0 aliphatic carbocycles. The Morgan fingerprint density at radius 3 is 3.06 bits per heavy atom. The average molecular weight is 251 g/mol. The van der Waals surface area contributed by atoms with Crippen molar-refractivity contribution in [2.45, 2.75) is 19.1 Å². The highest BCUT2D eigenvalue weighted by molar-refractivity contribution is 7.98. The monoisotopic (exact) mass is 251 g/mol. The molecule has 5 heteroatoms. The first-order valence-electron chi connectivity index (χ1n) is 5.35. The van der Waals surface area contributed by atoms with Crippen LogP contribution in [0.1, 0.15) is 18.2 Å².